The molecule has 2 aromatic rings. The highest BCUT2D eigenvalue weighted by Crippen LogP contribution is 2.25. The molecule has 0 aliphatic heterocycles. The van der Waals surface area contributed by atoms with E-state index in [1.807, 2.05) is 26.0 Å². The summed E-state index contributed by atoms with van der Waals surface area (Å²) in [5, 5.41) is 8.75. The molecule has 0 saturated carbocycles. The van der Waals surface area contributed by atoms with E-state index in [-0.39, 0.29) is 36.7 Å². The Morgan fingerprint density at radius 2 is 1.92 bits per heavy atom. The molecule has 0 radical (unpaired) electrons. The summed E-state index contributed by atoms with van der Waals surface area (Å²) in [4.78, 5) is 23.4. The zero-order valence-electron chi connectivity index (χ0n) is 13.9. The molecular weight excluding hydrogens is 346 g/mol. The van der Waals surface area contributed by atoms with E-state index in [2.05, 4.69) is 28.1 Å². The fourth-order valence-corrected chi connectivity index (χ4v) is 3.21. The van der Waals surface area contributed by atoms with Gasteiger partial charge in [-0.1, -0.05) is 32.0 Å². The number of rotatable bonds is 7. The molecule has 24 heavy (non-hydrogen) atoms. The summed E-state index contributed by atoms with van der Waals surface area (Å²) in [7, 11) is 0. The number of hydrogen-bond donors (Lipinski definition) is 3. The normalized spacial score (nSPS) is 11.8. The molecule has 2 rings (SSSR count). The van der Waals surface area contributed by atoms with Crippen LogP contribution in [-0.4, -0.2) is 30.9 Å². The van der Waals surface area contributed by atoms with Crippen LogP contribution in [0.1, 0.15) is 19.4 Å². The van der Waals surface area contributed by atoms with Crippen LogP contribution in [0.25, 0.3) is 10.1 Å². The molecule has 0 aliphatic carbocycles. The van der Waals surface area contributed by atoms with Crippen LogP contribution in [0.15, 0.2) is 29.6 Å². The number of halogens is 1. The smallest absolute Gasteiger partial charge is 0.239 e. The number of amides is 2. The van der Waals surface area contributed by atoms with Crippen LogP contribution in [0, 0.1) is 5.92 Å². The van der Waals surface area contributed by atoms with Crippen molar-refractivity contribution in [2.24, 2.45) is 11.7 Å². The highest BCUT2D eigenvalue weighted by atomic mass is 35.5. The molecule has 1 atom stereocenters. The van der Waals surface area contributed by atoms with E-state index in [1.165, 1.54) is 15.6 Å². The molecule has 0 saturated heterocycles. The first-order valence-electron chi connectivity index (χ1n) is 7.74. The van der Waals surface area contributed by atoms with E-state index >= 15 is 0 Å². The summed E-state index contributed by atoms with van der Waals surface area (Å²) in [6.07, 6.45) is 0.773. The van der Waals surface area contributed by atoms with Crippen LogP contribution < -0.4 is 16.4 Å². The molecule has 1 heterocycles. The van der Waals surface area contributed by atoms with Crippen molar-refractivity contribution in [1.29, 1.82) is 0 Å². The lowest BCUT2D eigenvalue weighted by molar-refractivity contribution is -0.127. The number of carbonyl (C=O) groups is 2. The third-order valence-electron chi connectivity index (χ3n) is 3.72. The minimum atomic E-state index is -0.583. The van der Waals surface area contributed by atoms with E-state index in [0.29, 0.717) is 6.54 Å². The van der Waals surface area contributed by atoms with Gasteiger partial charge in [0.1, 0.15) is 0 Å². The SMILES string of the molecule is CC(C)[C@H](N)C(=O)NCC(=O)NCCc1csc2ccccc12.Cl. The number of benzene rings is 1. The van der Waals surface area contributed by atoms with Crippen molar-refractivity contribution in [1.82, 2.24) is 10.6 Å². The Labute approximate surface area is 152 Å². The maximum atomic E-state index is 11.8. The molecule has 7 heteroatoms. The highest BCUT2D eigenvalue weighted by Gasteiger charge is 2.17. The fourth-order valence-electron chi connectivity index (χ4n) is 2.21. The zero-order chi connectivity index (χ0) is 16.8. The Morgan fingerprint density at radius 3 is 2.62 bits per heavy atom. The van der Waals surface area contributed by atoms with Gasteiger partial charge in [-0.25, -0.2) is 0 Å². The minimum Gasteiger partial charge on any atom is -0.354 e. The molecule has 0 aliphatic rings. The van der Waals surface area contributed by atoms with Crippen LogP contribution in [0.5, 0.6) is 0 Å². The van der Waals surface area contributed by atoms with Crippen LogP contribution in [0.4, 0.5) is 0 Å². The quantitative estimate of drug-likeness (QED) is 0.698. The average Bonchev–Trinajstić information content (AvgIpc) is 2.95. The maximum absolute atomic E-state index is 11.8. The van der Waals surface area contributed by atoms with Gasteiger partial charge in [-0.3, -0.25) is 9.59 Å². The number of thiophene rings is 1. The van der Waals surface area contributed by atoms with Crippen LogP contribution in [-0.2, 0) is 16.0 Å². The van der Waals surface area contributed by atoms with Gasteiger partial charge in [0.2, 0.25) is 11.8 Å². The first-order chi connectivity index (χ1) is 11.0. The molecule has 0 unspecified atom stereocenters. The molecule has 2 amide bonds. The second-order valence-corrected chi connectivity index (χ2v) is 6.76. The largest absolute Gasteiger partial charge is 0.354 e. The van der Waals surface area contributed by atoms with Crippen molar-refractivity contribution in [2.75, 3.05) is 13.1 Å². The van der Waals surface area contributed by atoms with E-state index < -0.39 is 6.04 Å². The maximum Gasteiger partial charge on any atom is 0.239 e. The predicted octanol–water partition coefficient (Wildman–Crippen LogP) is 2.08. The average molecular weight is 370 g/mol. The van der Waals surface area contributed by atoms with Crippen molar-refractivity contribution in [2.45, 2.75) is 26.3 Å². The summed E-state index contributed by atoms with van der Waals surface area (Å²) >= 11 is 1.71. The number of fused-ring (bicyclic) bond motifs is 1. The minimum absolute atomic E-state index is 0. The van der Waals surface area contributed by atoms with Gasteiger partial charge < -0.3 is 16.4 Å². The van der Waals surface area contributed by atoms with Crippen molar-refractivity contribution in [3.63, 3.8) is 0 Å². The van der Waals surface area contributed by atoms with Gasteiger partial charge in [0.25, 0.3) is 0 Å². The Hall–Kier alpha value is -1.63. The summed E-state index contributed by atoms with van der Waals surface area (Å²) < 4.78 is 1.25. The third kappa shape index (κ3) is 5.47. The molecule has 4 N–H and O–H groups in total. The molecular formula is C17H24ClN3O2S. The second kappa shape index (κ2) is 9.61. The summed E-state index contributed by atoms with van der Waals surface area (Å²) in [5.41, 5.74) is 6.95. The number of hydrogen-bond acceptors (Lipinski definition) is 4. The van der Waals surface area contributed by atoms with Gasteiger partial charge in [0.05, 0.1) is 12.6 Å². The lowest BCUT2D eigenvalue weighted by Crippen LogP contribution is -2.47. The van der Waals surface area contributed by atoms with Crippen molar-refractivity contribution in [3.8, 4) is 0 Å². The van der Waals surface area contributed by atoms with E-state index in [0.717, 1.165) is 6.42 Å². The topological polar surface area (TPSA) is 84.2 Å². The Morgan fingerprint density at radius 1 is 1.21 bits per heavy atom. The van der Waals surface area contributed by atoms with Crippen molar-refractivity contribution < 1.29 is 9.59 Å². The molecule has 0 spiro atoms. The zero-order valence-corrected chi connectivity index (χ0v) is 15.5. The summed E-state index contributed by atoms with van der Waals surface area (Å²) in [6.45, 7) is 4.25. The van der Waals surface area contributed by atoms with Crippen molar-refractivity contribution >= 4 is 45.6 Å². The van der Waals surface area contributed by atoms with Gasteiger partial charge in [-0.05, 0) is 34.7 Å². The monoisotopic (exact) mass is 369 g/mol. The number of nitrogens with two attached hydrogens (primary N) is 1. The molecule has 1 aromatic heterocycles. The van der Waals surface area contributed by atoms with Gasteiger partial charge >= 0.3 is 0 Å². The molecule has 5 nitrogen and oxygen atoms in total. The predicted molar refractivity (Wildman–Crippen MR) is 102 cm³/mol. The third-order valence-corrected chi connectivity index (χ3v) is 4.73. The van der Waals surface area contributed by atoms with Crippen molar-refractivity contribution in [3.05, 3.63) is 35.2 Å². The van der Waals surface area contributed by atoms with Gasteiger partial charge in [0, 0.05) is 11.2 Å². The van der Waals surface area contributed by atoms with Crippen LogP contribution >= 0.6 is 23.7 Å². The van der Waals surface area contributed by atoms with Gasteiger partial charge in [-0.15, -0.1) is 23.7 Å². The standard InChI is InChI=1S/C17H23N3O2S.ClH/c1-11(2)16(18)17(22)20-9-15(21)19-8-7-12-10-23-14-6-4-3-5-13(12)14;/h3-6,10-11,16H,7-9,18H2,1-2H3,(H,19,21)(H,20,22);1H/t16-;/m0./s1. The first kappa shape index (κ1) is 20.4. The second-order valence-electron chi connectivity index (χ2n) is 5.84. The van der Waals surface area contributed by atoms with Crippen LogP contribution in [0.3, 0.4) is 0 Å². The molecule has 0 bridgehead atoms. The highest BCUT2D eigenvalue weighted by molar-refractivity contribution is 7.17. The molecule has 0 fully saturated rings. The number of carbonyl (C=O) groups excluding carboxylic acids is 2. The fraction of sp³-hybridized carbons (Fsp3) is 0.412. The molecule has 132 valence electrons. The Balaban J connectivity index is 0.00000288. The number of nitrogens with one attached hydrogen (secondary N) is 2. The lowest BCUT2D eigenvalue weighted by atomic mass is 10.1. The summed E-state index contributed by atoms with van der Waals surface area (Å²) in [6, 6.07) is 7.64. The van der Waals surface area contributed by atoms with E-state index in [9.17, 15) is 9.59 Å². The summed E-state index contributed by atoms with van der Waals surface area (Å²) in [5.74, 6) is -0.447. The molecule has 1 aromatic carbocycles. The lowest BCUT2D eigenvalue weighted by Gasteiger charge is -2.15. The Kier molecular flexibility index (Phi) is 8.18. The van der Waals surface area contributed by atoms with Gasteiger partial charge in [0.15, 0.2) is 0 Å². The first-order valence-corrected chi connectivity index (χ1v) is 8.62. The van der Waals surface area contributed by atoms with Gasteiger partial charge in [-0.2, -0.15) is 0 Å². The van der Waals surface area contributed by atoms with E-state index in [4.69, 9.17) is 5.73 Å². The Bertz CT molecular complexity index is 687. The van der Waals surface area contributed by atoms with E-state index in [1.54, 1.807) is 11.3 Å². The van der Waals surface area contributed by atoms with Crippen LogP contribution in [0.2, 0.25) is 0 Å².